The molecule has 0 radical (unpaired) electrons. The van der Waals surface area contributed by atoms with Crippen molar-refractivity contribution >= 4 is 27.1 Å². The minimum absolute atomic E-state index is 0.161. The molecular formula is C18H15N3O3S. The molecule has 0 aliphatic heterocycles. The van der Waals surface area contributed by atoms with Gasteiger partial charge in [0.25, 0.3) is 10.0 Å². The molecule has 0 aromatic heterocycles. The summed E-state index contributed by atoms with van der Waals surface area (Å²) in [6, 6.07) is 21.0. The molecule has 0 spiro atoms. The average molecular weight is 353 g/mol. The van der Waals surface area contributed by atoms with Gasteiger partial charge in [-0.25, -0.2) is 8.42 Å². The number of hydrogen-bond acceptors (Lipinski definition) is 5. The molecule has 3 aromatic carbocycles. The Labute approximate surface area is 145 Å². The molecule has 0 aliphatic carbocycles. The summed E-state index contributed by atoms with van der Waals surface area (Å²) in [5.41, 5.74) is 1.62. The number of benzene rings is 3. The molecule has 0 unspecified atom stereocenters. The third-order valence-electron chi connectivity index (χ3n) is 3.30. The molecule has 0 bridgehead atoms. The molecular weight excluding hydrogens is 338 g/mol. The van der Waals surface area contributed by atoms with E-state index >= 15 is 0 Å². The fourth-order valence-electron chi connectivity index (χ4n) is 2.04. The number of phenols is 1. The van der Waals surface area contributed by atoms with Crippen LogP contribution in [0, 0.1) is 0 Å². The molecule has 0 atom stereocenters. The second-order valence-corrected chi connectivity index (χ2v) is 6.86. The van der Waals surface area contributed by atoms with Crippen LogP contribution in [0.5, 0.6) is 5.75 Å². The maximum Gasteiger partial charge on any atom is 0.261 e. The van der Waals surface area contributed by atoms with E-state index in [1.54, 1.807) is 54.6 Å². The average Bonchev–Trinajstić information content (AvgIpc) is 2.63. The highest BCUT2D eigenvalue weighted by Crippen LogP contribution is 2.23. The third kappa shape index (κ3) is 4.42. The van der Waals surface area contributed by atoms with Crippen LogP contribution in [-0.2, 0) is 10.0 Å². The first-order valence-corrected chi connectivity index (χ1v) is 8.90. The quantitative estimate of drug-likeness (QED) is 0.656. The minimum atomic E-state index is -3.61. The summed E-state index contributed by atoms with van der Waals surface area (Å²) in [4.78, 5) is 0.200. The number of phenolic OH excluding ortho intramolecular Hbond substituents is 1. The highest BCUT2D eigenvalue weighted by Gasteiger charge is 2.12. The Bertz CT molecular complexity index is 968. The maximum atomic E-state index is 12.3. The van der Waals surface area contributed by atoms with Gasteiger partial charge in [-0.15, -0.1) is 0 Å². The molecule has 0 saturated heterocycles. The van der Waals surface area contributed by atoms with Gasteiger partial charge in [-0.1, -0.05) is 18.2 Å². The molecule has 7 heteroatoms. The topological polar surface area (TPSA) is 91.1 Å². The molecule has 0 amide bonds. The number of aromatic hydroxyl groups is 1. The van der Waals surface area contributed by atoms with Gasteiger partial charge in [-0.3, -0.25) is 4.72 Å². The molecule has 3 aromatic rings. The molecule has 0 aliphatic rings. The van der Waals surface area contributed by atoms with E-state index in [1.807, 2.05) is 0 Å². The first-order valence-electron chi connectivity index (χ1n) is 7.42. The highest BCUT2D eigenvalue weighted by molar-refractivity contribution is 7.92. The number of nitrogens with one attached hydrogen (secondary N) is 1. The fraction of sp³-hybridized carbons (Fsp3) is 0. The fourth-order valence-corrected chi connectivity index (χ4v) is 3.12. The van der Waals surface area contributed by atoms with Gasteiger partial charge in [0.15, 0.2) is 0 Å². The first-order chi connectivity index (χ1) is 12.0. The number of rotatable bonds is 5. The highest BCUT2D eigenvalue weighted by atomic mass is 32.2. The Hall–Kier alpha value is -3.19. The Morgan fingerprint density at radius 3 is 1.80 bits per heavy atom. The molecule has 2 N–H and O–H groups in total. The first kappa shape index (κ1) is 16.7. The van der Waals surface area contributed by atoms with Crippen LogP contribution in [0.3, 0.4) is 0 Å². The van der Waals surface area contributed by atoms with Crippen molar-refractivity contribution in [1.29, 1.82) is 0 Å². The van der Waals surface area contributed by atoms with E-state index in [4.69, 9.17) is 0 Å². The van der Waals surface area contributed by atoms with Crippen LogP contribution in [0.4, 0.5) is 17.1 Å². The molecule has 0 fully saturated rings. The van der Waals surface area contributed by atoms with Gasteiger partial charge >= 0.3 is 0 Å². The Morgan fingerprint density at radius 2 is 1.24 bits per heavy atom. The van der Waals surface area contributed by atoms with E-state index in [0.717, 1.165) is 0 Å². The summed E-state index contributed by atoms with van der Waals surface area (Å²) in [6.07, 6.45) is 0. The molecule has 0 saturated carbocycles. The van der Waals surface area contributed by atoms with Gasteiger partial charge in [0.05, 0.1) is 16.3 Å². The lowest BCUT2D eigenvalue weighted by molar-refractivity contribution is 0.475. The molecule has 25 heavy (non-hydrogen) atoms. The van der Waals surface area contributed by atoms with Gasteiger partial charge in [0.1, 0.15) is 5.75 Å². The van der Waals surface area contributed by atoms with Crippen LogP contribution in [0.25, 0.3) is 0 Å². The Kier molecular flexibility index (Phi) is 4.76. The van der Waals surface area contributed by atoms with Crippen LogP contribution in [-0.4, -0.2) is 13.5 Å². The number of azo groups is 1. The van der Waals surface area contributed by atoms with E-state index < -0.39 is 10.0 Å². The van der Waals surface area contributed by atoms with Crippen molar-refractivity contribution in [3.05, 3.63) is 78.9 Å². The van der Waals surface area contributed by atoms with E-state index in [-0.39, 0.29) is 10.6 Å². The van der Waals surface area contributed by atoms with E-state index in [9.17, 15) is 13.5 Å². The zero-order chi connectivity index (χ0) is 17.7. The van der Waals surface area contributed by atoms with Crippen molar-refractivity contribution in [3.8, 4) is 5.75 Å². The number of hydrogen-bond donors (Lipinski definition) is 2. The van der Waals surface area contributed by atoms with E-state index in [0.29, 0.717) is 17.1 Å². The van der Waals surface area contributed by atoms with Crippen molar-refractivity contribution in [3.63, 3.8) is 0 Å². The third-order valence-corrected chi connectivity index (χ3v) is 4.70. The Balaban J connectivity index is 1.71. The number of anilines is 1. The van der Waals surface area contributed by atoms with Gasteiger partial charge in [0.2, 0.25) is 0 Å². The van der Waals surface area contributed by atoms with Crippen LogP contribution < -0.4 is 4.72 Å². The monoisotopic (exact) mass is 353 g/mol. The minimum Gasteiger partial charge on any atom is -0.508 e. The summed E-state index contributed by atoms with van der Waals surface area (Å²) in [5.74, 6) is 0.161. The number of nitrogens with zero attached hydrogens (tertiary/aromatic N) is 2. The molecule has 126 valence electrons. The van der Waals surface area contributed by atoms with Crippen molar-refractivity contribution in [2.24, 2.45) is 10.2 Å². The van der Waals surface area contributed by atoms with Gasteiger partial charge in [0, 0.05) is 5.69 Å². The van der Waals surface area contributed by atoms with Crippen molar-refractivity contribution < 1.29 is 13.5 Å². The second-order valence-electron chi connectivity index (χ2n) is 5.18. The SMILES string of the molecule is O=S(=O)(Nc1ccc(N=Nc2ccc(O)cc2)cc1)c1ccccc1. The van der Waals surface area contributed by atoms with Crippen molar-refractivity contribution in [1.82, 2.24) is 0 Å². The summed E-state index contributed by atoms with van der Waals surface area (Å²) in [7, 11) is -3.61. The predicted molar refractivity (Wildman–Crippen MR) is 96.0 cm³/mol. The van der Waals surface area contributed by atoms with Gasteiger partial charge in [-0.2, -0.15) is 10.2 Å². The van der Waals surface area contributed by atoms with E-state index in [1.165, 1.54) is 24.3 Å². The maximum absolute atomic E-state index is 12.3. The second kappa shape index (κ2) is 7.14. The Morgan fingerprint density at radius 1 is 0.720 bits per heavy atom. The van der Waals surface area contributed by atoms with Crippen molar-refractivity contribution in [2.75, 3.05) is 4.72 Å². The van der Waals surface area contributed by atoms with Crippen LogP contribution in [0.2, 0.25) is 0 Å². The lowest BCUT2D eigenvalue weighted by Crippen LogP contribution is -2.12. The van der Waals surface area contributed by atoms with Crippen LogP contribution in [0.15, 0.2) is 94.0 Å². The zero-order valence-corrected chi connectivity index (χ0v) is 13.9. The lowest BCUT2D eigenvalue weighted by atomic mass is 10.3. The van der Waals surface area contributed by atoms with E-state index in [2.05, 4.69) is 15.0 Å². The zero-order valence-electron chi connectivity index (χ0n) is 13.1. The van der Waals surface area contributed by atoms with Gasteiger partial charge < -0.3 is 5.11 Å². The smallest absolute Gasteiger partial charge is 0.261 e. The summed E-state index contributed by atoms with van der Waals surface area (Å²) < 4.78 is 27.0. The largest absolute Gasteiger partial charge is 0.508 e. The molecule has 3 rings (SSSR count). The normalized spacial score (nSPS) is 11.5. The summed E-state index contributed by atoms with van der Waals surface area (Å²) >= 11 is 0. The predicted octanol–water partition coefficient (Wildman–Crippen LogP) is 4.61. The lowest BCUT2D eigenvalue weighted by Gasteiger charge is -2.07. The van der Waals surface area contributed by atoms with Crippen LogP contribution >= 0.6 is 0 Å². The standard InChI is InChI=1S/C18H15N3O3S/c22-17-12-10-15(11-13-17)20-19-14-6-8-16(9-7-14)21-25(23,24)18-4-2-1-3-5-18/h1-13,21-22H. The van der Waals surface area contributed by atoms with Crippen molar-refractivity contribution in [2.45, 2.75) is 4.90 Å². The summed E-state index contributed by atoms with van der Waals surface area (Å²) in [6.45, 7) is 0. The molecule has 0 heterocycles. The van der Waals surface area contributed by atoms with Gasteiger partial charge in [-0.05, 0) is 60.7 Å². The number of sulfonamides is 1. The molecule has 6 nitrogen and oxygen atoms in total. The van der Waals surface area contributed by atoms with Crippen LogP contribution in [0.1, 0.15) is 0 Å². The summed E-state index contributed by atoms with van der Waals surface area (Å²) in [5, 5.41) is 17.3.